The predicted octanol–water partition coefficient (Wildman–Crippen LogP) is 4.82. The Bertz CT molecular complexity index is 943. The molecule has 0 aromatic carbocycles. The van der Waals surface area contributed by atoms with E-state index in [1.807, 2.05) is 55.4 Å². The van der Waals surface area contributed by atoms with Crippen LogP contribution < -0.4 is 0 Å². The monoisotopic (exact) mass is 556 g/mol. The van der Waals surface area contributed by atoms with Gasteiger partial charge in [-0.05, 0) is 66.6 Å². The van der Waals surface area contributed by atoms with Crippen molar-refractivity contribution in [1.29, 1.82) is 0 Å². The van der Waals surface area contributed by atoms with Crippen LogP contribution in [0.4, 0.5) is 0 Å². The number of hydrogen-bond acceptors (Lipinski definition) is 8. The zero-order valence-electron chi connectivity index (χ0n) is 26.0. The molecule has 0 aliphatic carbocycles. The molecule has 4 fully saturated rings. The number of rotatable bonds is 6. The van der Waals surface area contributed by atoms with Crippen LogP contribution in [0.25, 0.3) is 0 Å². The van der Waals surface area contributed by atoms with Crippen LogP contribution in [0, 0.1) is 17.8 Å². The maximum atomic E-state index is 14.0. The minimum Gasteiger partial charge on any atom is -0.410 e. The van der Waals surface area contributed by atoms with E-state index >= 15 is 0 Å². The van der Waals surface area contributed by atoms with Crippen LogP contribution in [0.2, 0.25) is 18.1 Å². The summed E-state index contributed by atoms with van der Waals surface area (Å²) in [6.07, 6.45) is -2.93. The molecule has 4 aliphatic rings. The van der Waals surface area contributed by atoms with Gasteiger partial charge in [-0.3, -0.25) is 4.79 Å². The second-order valence-electron chi connectivity index (χ2n) is 15.1. The number of carbonyl (C=O) groups excluding carboxylic acids is 1. The molecule has 4 saturated heterocycles. The zero-order valence-corrected chi connectivity index (χ0v) is 27.0. The van der Waals surface area contributed by atoms with Crippen molar-refractivity contribution in [3.8, 4) is 0 Å². The van der Waals surface area contributed by atoms with Gasteiger partial charge in [-0.2, -0.15) is 0 Å². The predicted molar refractivity (Wildman–Crippen MR) is 146 cm³/mol. The third kappa shape index (κ3) is 4.67. The number of aliphatic hydroxyl groups excluding tert-OH is 1. The summed E-state index contributed by atoms with van der Waals surface area (Å²) in [6, 6.07) is 0. The highest BCUT2D eigenvalue weighted by molar-refractivity contribution is 6.74. The van der Waals surface area contributed by atoms with Crippen molar-refractivity contribution in [3.05, 3.63) is 0 Å². The molecule has 4 rings (SSSR count). The highest BCUT2D eigenvalue weighted by Crippen LogP contribution is 2.55. The highest BCUT2D eigenvalue weighted by Gasteiger charge is 2.70. The fourth-order valence-corrected chi connectivity index (χ4v) is 8.61. The zero-order chi connectivity index (χ0) is 29.0. The van der Waals surface area contributed by atoms with Crippen molar-refractivity contribution in [3.63, 3.8) is 0 Å². The fraction of sp³-hybridized carbons (Fsp3) is 0.966. The van der Waals surface area contributed by atoms with Crippen molar-refractivity contribution in [2.75, 3.05) is 0 Å². The first-order valence-corrected chi connectivity index (χ1v) is 17.2. The van der Waals surface area contributed by atoms with E-state index in [0.29, 0.717) is 0 Å². The lowest BCUT2D eigenvalue weighted by Gasteiger charge is -2.45. The number of aliphatic hydroxyl groups is 1. The summed E-state index contributed by atoms with van der Waals surface area (Å²) in [7, 11) is -2.14. The molecule has 38 heavy (non-hydrogen) atoms. The number of Topliss-reactive ketones (excluding diaryl/α,β-unsaturated/α-hetero) is 1. The van der Waals surface area contributed by atoms with Crippen molar-refractivity contribution >= 4 is 14.1 Å². The molecule has 220 valence electrons. The number of ketones is 1. The van der Waals surface area contributed by atoms with Crippen LogP contribution in [0.3, 0.4) is 0 Å². The Balaban J connectivity index is 1.59. The van der Waals surface area contributed by atoms with E-state index in [1.165, 1.54) is 0 Å². The largest absolute Gasteiger partial charge is 0.410 e. The highest BCUT2D eigenvalue weighted by atomic mass is 28.4. The quantitative estimate of drug-likeness (QED) is 0.466. The molecule has 0 aromatic rings. The summed E-state index contributed by atoms with van der Waals surface area (Å²) in [5, 5.41) is 11.8. The number of ether oxygens (including phenoxy) is 5. The van der Waals surface area contributed by atoms with E-state index in [4.69, 9.17) is 28.1 Å². The Morgan fingerprint density at radius 2 is 1.53 bits per heavy atom. The number of hydrogen-bond donors (Lipinski definition) is 1. The van der Waals surface area contributed by atoms with E-state index in [9.17, 15) is 9.90 Å². The standard InChI is InChI=1S/C29H52O8Si/c1-15(22-29(12,37-27(9,10)34-22)24-17(3)32-26(7,8)35-24)19(30)18-20-16(2)23(28(11,33-20)21(18)31)36-38(13,14)25(4,5)6/h15-20,22-24,30H,1-14H3/t15-,16-,17-,18-,19-,20-,22+,23+,24-,28-,29+/m1/s1. The van der Waals surface area contributed by atoms with Gasteiger partial charge in [0.1, 0.15) is 17.3 Å². The van der Waals surface area contributed by atoms with Crippen LogP contribution in [0.15, 0.2) is 0 Å². The first-order valence-electron chi connectivity index (χ1n) is 14.3. The molecule has 8 nitrogen and oxygen atoms in total. The van der Waals surface area contributed by atoms with Gasteiger partial charge >= 0.3 is 0 Å². The SMILES string of the molecule is C[C@H]([C@@H](O)[C@H]1C(=O)[C@@]2(C)O[C@@H]1[C@@H](C)[C@@H]2O[Si](C)(C)C(C)(C)C)[C@@H]1OC(C)(C)O[C@]1(C)[C@@H]1OC(C)(C)O[C@@H]1C. The summed E-state index contributed by atoms with van der Waals surface area (Å²) in [6.45, 7) is 28.3. The summed E-state index contributed by atoms with van der Waals surface area (Å²) in [4.78, 5) is 14.0. The van der Waals surface area contributed by atoms with Gasteiger partial charge in [0.05, 0.1) is 36.4 Å². The topological polar surface area (TPSA) is 92.7 Å². The van der Waals surface area contributed by atoms with Crippen molar-refractivity contribution in [2.24, 2.45) is 17.8 Å². The van der Waals surface area contributed by atoms with Crippen molar-refractivity contribution in [2.45, 2.75) is 161 Å². The summed E-state index contributed by atoms with van der Waals surface area (Å²) >= 11 is 0. The normalized spacial score (nSPS) is 46.1. The summed E-state index contributed by atoms with van der Waals surface area (Å²) in [5.74, 6) is -2.87. The fourth-order valence-electron chi connectivity index (χ4n) is 7.18. The summed E-state index contributed by atoms with van der Waals surface area (Å²) in [5.41, 5.74) is -1.98. The molecule has 0 amide bonds. The van der Waals surface area contributed by atoms with Gasteiger partial charge in [0.25, 0.3) is 0 Å². The van der Waals surface area contributed by atoms with Gasteiger partial charge in [0.15, 0.2) is 25.7 Å². The lowest BCUT2D eigenvalue weighted by atomic mass is 9.68. The third-order valence-electron chi connectivity index (χ3n) is 9.99. The second kappa shape index (κ2) is 9.05. The van der Waals surface area contributed by atoms with E-state index < -0.39 is 67.3 Å². The van der Waals surface area contributed by atoms with Crippen LogP contribution in [-0.4, -0.2) is 78.6 Å². The Hall–Kier alpha value is -0.393. The maximum Gasteiger partial charge on any atom is 0.192 e. The molecule has 0 radical (unpaired) electrons. The molecular weight excluding hydrogens is 504 g/mol. The van der Waals surface area contributed by atoms with Gasteiger partial charge in [-0.15, -0.1) is 0 Å². The lowest BCUT2D eigenvalue weighted by molar-refractivity contribution is -0.200. The average Bonchev–Trinajstić information content (AvgIpc) is 3.36. The van der Waals surface area contributed by atoms with Crippen LogP contribution in [-0.2, 0) is 32.9 Å². The molecule has 9 heteroatoms. The first-order chi connectivity index (χ1) is 17.0. The molecular formula is C29H52O8Si. The Labute approximate surface area is 230 Å². The molecule has 2 bridgehead atoms. The summed E-state index contributed by atoms with van der Waals surface area (Å²) < 4.78 is 38.5. The molecule has 4 aliphatic heterocycles. The van der Waals surface area contributed by atoms with Crippen LogP contribution in [0.5, 0.6) is 0 Å². The lowest BCUT2D eigenvalue weighted by Crippen LogP contribution is -2.60. The third-order valence-corrected chi connectivity index (χ3v) is 14.4. The Morgan fingerprint density at radius 3 is 2.03 bits per heavy atom. The Kier molecular flexibility index (Phi) is 7.28. The molecule has 4 heterocycles. The minimum atomic E-state index is -2.14. The van der Waals surface area contributed by atoms with Gasteiger partial charge < -0.3 is 33.2 Å². The van der Waals surface area contributed by atoms with Crippen LogP contribution >= 0.6 is 0 Å². The number of carbonyl (C=O) groups is 1. The maximum absolute atomic E-state index is 14.0. The van der Waals surface area contributed by atoms with Gasteiger partial charge in [-0.25, -0.2) is 0 Å². The minimum absolute atomic E-state index is 0.0101. The Morgan fingerprint density at radius 1 is 0.947 bits per heavy atom. The molecule has 11 atom stereocenters. The molecule has 0 aromatic heterocycles. The van der Waals surface area contributed by atoms with E-state index in [0.717, 1.165) is 0 Å². The first kappa shape index (κ1) is 30.6. The molecule has 1 N–H and O–H groups in total. The molecule has 0 spiro atoms. The van der Waals surface area contributed by atoms with Gasteiger partial charge in [0.2, 0.25) is 0 Å². The second-order valence-corrected chi connectivity index (χ2v) is 19.8. The van der Waals surface area contributed by atoms with Crippen molar-refractivity contribution < 1.29 is 38.0 Å². The average molecular weight is 557 g/mol. The van der Waals surface area contributed by atoms with Crippen LogP contribution in [0.1, 0.15) is 83.1 Å². The molecule has 0 saturated carbocycles. The smallest absolute Gasteiger partial charge is 0.192 e. The van der Waals surface area contributed by atoms with Gasteiger partial charge in [-0.1, -0.05) is 34.6 Å². The van der Waals surface area contributed by atoms with Gasteiger partial charge in [0, 0.05) is 11.8 Å². The van der Waals surface area contributed by atoms with E-state index in [1.54, 1.807) is 0 Å². The molecule has 0 unspecified atom stereocenters. The van der Waals surface area contributed by atoms with E-state index in [-0.39, 0.29) is 28.9 Å². The van der Waals surface area contributed by atoms with Crippen molar-refractivity contribution in [1.82, 2.24) is 0 Å². The number of fused-ring (bicyclic) bond motifs is 2. The van der Waals surface area contributed by atoms with E-state index in [2.05, 4.69) is 40.8 Å².